The quantitative estimate of drug-likeness (QED) is 0.304. The first-order valence-corrected chi connectivity index (χ1v) is 9.81. The van der Waals surface area contributed by atoms with E-state index >= 15 is 0 Å². The van der Waals surface area contributed by atoms with Crippen LogP contribution in [0.5, 0.6) is 5.75 Å². The monoisotopic (exact) mass is 399 g/mol. The van der Waals surface area contributed by atoms with E-state index in [2.05, 4.69) is 5.16 Å². The zero-order valence-corrected chi connectivity index (χ0v) is 17.3. The van der Waals surface area contributed by atoms with Crippen molar-refractivity contribution < 1.29 is 23.8 Å². The highest BCUT2D eigenvalue weighted by Gasteiger charge is 2.20. The average Bonchev–Trinajstić information content (AvgIpc) is 2.74. The van der Waals surface area contributed by atoms with Gasteiger partial charge < -0.3 is 19.0 Å². The molecule has 0 heterocycles. The molecule has 0 aliphatic carbocycles. The normalized spacial score (nSPS) is 12.3. The van der Waals surface area contributed by atoms with E-state index in [0.717, 1.165) is 22.6 Å². The molecular formula is C23H29NO5. The van der Waals surface area contributed by atoms with Crippen molar-refractivity contribution in [2.75, 3.05) is 19.8 Å². The Bertz CT molecular complexity index is 759. The lowest BCUT2D eigenvalue weighted by molar-refractivity contribution is -0.156. The van der Waals surface area contributed by atoms with Crippen molar-refractivity contribution in [3.05, 3.63) is 65.7 Å². The van der Waals surface area contributed by atoms with Gasteiger partial charge in [0.1, 0.15) is 19.0 Å². The Kier molecular flexibility index (Phi) is 9.72. The Labute approximate surface area is 172 Å². The van der Waals surface area contributed by atoms with Gasteiger partial charge in [0, 0.05) is 13.0 Å². The molecule has 0 aliphatic rings. The van der Waals surface area contributed by atoms with E-state index in [4.69, 9.17) is 19.0 Å². The minimum Gasteiger partial charge on any atom is -0.488 e. The van der Waals surface area contributed by atoms with Crippen LogP contribution < -0.4 is 4.74 Å². The van der Waals surface area contributed by atoms with Gasteiger partial charge in [0.2, 0.25) is 0 Å². The van der Waals surface area contributed by atoms with Crippen LogP contribution in [-0.4, -0.2) is 37.6 Å². The van der Waals surface area contributed by atoms with Gasteiger partial charge in [0.05, 0.1) is 12.3 Å². The molecular weight excluding hydrogens is 370 g/mol. The summed E-state index contributed by atoms with van der Waals surface area (Å²) >= 11 is 0. The van der Waals surface area contributed by atoms with Crippen LogP contribution in [0, 0.1) is 0 Å². The van der Waals surface area contributed by atoms with Crippen LogP contribution in [0.4, 0.5) is 0 Å². The van der Waals surface area contributed by atoms with Gasteiger partial charge in [-0.1, -0.05) is 47.6 Å². The molecule has 6 nitrogen and oxygen atoms in total. The Morgan fingerprint density at radius 3 is 2.34 bits per heavy atom. The Hall–Kier alpha value is -2.86. The Balaban J connectivity index is 1.80. The number of hydrogen-bond acceptors (Lipinski definition) is 6. The number of benzene rings is 2. The topological polar surface area (TPSA) is 66.4 Å². The van der Waals surface area contributed by atoms with E-state index in [0.29, 0.717) is 32.8 Å². The molecule has 0 spiro atoms. The number of nitrogens with zero attached hydrogens (tertiary/aromatic N) is 1. The van der Waals surface area contributed by atoms with Crippen molar-refractivity contribution in [3.63, 3.8) is 0 Å². The highest BCUT2D eigenvalue weighted by atomic mass is 16.6. The minimum atomic E-state index is -0.595. The van der Waals surface area contributed by atoms with Crippen molar-refractivity contribution >= 4 is 11.7 Å². The van der Waals surface area contributed by atoms with Crippen LogP contribution in [0.3, 0.4) is 0 Å². The summed E-state index contributed by atoms with van der Waals surface area (Å²) in [4.78, 5) is 17.3. The molecule has 1 atom stereocenters. The maximum absolute atomic E-state index is 12.0. The van der Waals surface area contributed by atoms with E-state index in [1.54, 1.807) is 6.92 Å². The summed E-state index contributed by atoms with van der Waals surface area (Å²) < 4.78 is 16.3. The Morgan fingerprint density at radius 1 is 0.966 bits per heavy atom. The number of esters is 1. The largest absolute Gasteiger partial charge is 0.488 e. The first-order chi connectivity index (χ1) is 14.1. The number of oxime groups is 1. The molecule has 6 heteroatoms. The fourth-order valence-electron chi connectivity index (χ4n) is 2.59. The average molecular weight is 399 g/mol. The van der Waals surface area contributed by atoms with Gasteiger partial charge >= 0.3 is 5.97 Å². The highest BCUT2D eigenvalue weighted by molar-refractivity contribution is 5.82. The second-order valence-corrected chi connectivity index (χ2v) is 6.42. The third kappa shape index (κ3) is 8.35. The van der Waals surface area contributed by atoms with Crippen molar-refractivity contribution in [2.24, 2.45) is 5.16 Å². The molecule has 1 unspecified atom stereocenters. The number of hydrogen-bond donors (Lipinski definition) is 0. The third-order valence-electron chi connectivity index (χ3n) is 4.00. The van der Waals surface area contributed by atoms with Gasteiger partial charge in [-0.3, -0.25) is 0 Å². The maximum atomic E-state index is 12.0. The van der Waals surface area contributed by atoms with Crippen LogP contribution in [-0.2, 0) is 32.1 Å². The zero-order chi connectivity index (χ0) is 20.9. The first kappa shape index (κ1) is 22.4. The minimum absolute atomic E-state index is 0.332. The van der Waals surface area contributed by atoms with E-state index in [1.165, 1.54) is 0 Å². The third-order valence-corrected chi connectivity index (χ3v) is 4.00. The molecule has 2 rings (SSSR count). The van der Waals surface area contributed by atoms with Gasteiger partial charge in [-0.15, -0.1) is 0 Å². The van der Waals surface area contributed by atoms with E-state index in [9.17, 15) is 4.79 Å². The standard InChI is InChI=1S/C23H29NO5/c1-4-26-22(23(25)27-5-2)15-19-11-13-21(14-12-19)28-16-18(3)24-29-17-20-9-7-6-8-10-20/h6-14,22H,4-5,15-17H2,1-3H3. The van der Waals surface area contributed by atoms with Gasteiger partial charge in [-0.25, -0.2) is 4.79 Å². The van der Waals surface area contributed by atoms with Crippen molar-refractivity contribution in [1.82, 2.24) is 0 Å². The number of rotatable bonds is 12. The molecule has 2 aromatic rings. The molecule has 0 amide bonds. The van der Waals surface area contributed by atoms with Crippen molar-refractivity contribution in [3.8, 4) is 5.75 Å². The molecule has 0 aromatic heterocycles. The molecule has 0 saturated heterocycles. The predicted octanol–water partition coefficient (Wildman–Crippen LogP) is 4.17. The molecule has 156 valence electrons. The lowest BCUT2D eigenvalue weighted by atomic mass is 10.1. The second kappa shape index (κ2) is 12.6. The molecule has 0 fully saturated rings. The second-order valence-electron chi connectivity index (χ2n) is 6.42. The fourth-order valence-corrected chi connectivity index (χ4v) is 2.59. The van der Waals surface area contributed by atoms with Crippen LogP contribution in [0.2, 0.25) is 0 Å². The Morgan fingerprint density at radius 2 is 1.69 bits per heavy atom. The van der Waals surface area contributed by atoms with E-state index in [-0.39, 0.29) is 5.97 Å². The molecule has 2 aromatic carbocycles. The van der Waals surface area contributed by atoms with Gasteiger partial charge in [-0.2, -0.15) is 0 Å². The molecule has 0 N–H and O–H groups in total. The van der Waals surface area contributed by atoms with Crippen LogP contribution in [0.1, 0.15) is 31.9 Å². The fraction of sp³-hybridized carbons (Fsp3) is 0.391. The summed E-state index contributed by atoms with van der Waals surface area (Å²) in [7, 11) is 0. The summed E-state index contributed by atoms with van der Waals surface area (Å²) in [6.07, 6.45) is -0.135. The lowest BCUT2D eigenvalue weighted by Crippen LogP contribution is -2.28. The van der Waals surface area contributed by atoms with Gasteiger partial charge in [0.15, 0.2) is 6.10 Å². The SMILES string of the molecule is CCOC(=O)C(Cc1ccc(OCC(C)=NOCc2ccccc2)cc1)OCC. The number of carbonyl (C=O) groups is 1. The predicted molar refractivity (Wildman–Crippen MR) is 112 cm³/mol. The van der Waals surface area contributed by atoms with Crippen molar-refractivity contribution in [1.29, 1.82) is 0 Å². The van der Waals surface area contributed by atoms with E-state index < -0.39 is 6.10 Å². The smallest absolute Gasteiger partial charge is 0.335 e. The van der Waals surface area contributed by atoms with Crippen LogP contribution >= 0.6 is 0 Å². The summed E-state index contributed by atoms with van der Waals surface area (Å²) in [6.45, 7) is 7.04. The summed E-state index contributed by atoms with van der Waals surface area (Å²) in [5.41, 5.74) is 2.78. The highest BCUT2D eigenvalue weighted by Crippen LogP contribution is 2.15. The molecule has 0 radical (unpaired) electrons. The van der Waals surface area contributed by atoms with E-state index in [1.807, 2.05) is 68.4 Å². The molecule has 0 bridgehead atoms. The molecule has 0 saturated carbocycles. The van der Waals surface area contributed by atoms with Gasteiger partial charge in [-0.05, 0) is 44.0 Å². The lowest BCUT2D eigenvalue weighted by Gasteiger charge is -2.15. The van der Waals surface area contributed by atoms with Crippen molar-refractivity contribution in [2.45, 2.75) is 39.9 Å². The van der Waals surface area contributed by atoms with Gasteiger partial charge in [0.25, 0.3) is 0 Å². The maximum Gasteiger partial charge on any atom is 0.335 e. The zero-order valence-electron chi connectivity index (χ0n) is 17.3. The first-order valence-electron chi connectivity index (χ1n) is 9.81. The number of carbonyl (C=O) groups excluding carboxylic acids is 1. The molecule has 0 aliphatic heterocycles. The molecule has 29 heavy (non-hydrogen) atoms. The van der Waals surface area contributed by atoms with Crippen LogP contribution in [0.15, 0.2) is 59.8 Å². The summed E-state index contributed by atoms with van der Waals surface area (Å²) in [5, 5.41) is 4.07. The summed E-state index contributed by atoms with van der Waals surface area (Å²) in [5.74, 6) is 0.382. The van der Waals surface area contributed by atoms with Crippen LogP contribution in [0.25, 0.3) is 0 Å². The summed E-state index contributed by atoms with van der Waals surface area (Å²) in [6, 6.07) is 17.4. The number of ether oxygens (including phenoxy) is 3.